The second kappa shape index (κ2) is 6.86. The Labute approximate surface area is 125 Å². The molecule has 1 heterocycles. The summed E-state index contributed by atoms with van der Waals surface area (Å²) in [4.78, 5) is 0. The van der Waals surface area contributed by atoms with E-state index in [2.05, 4.69) is 18.9 Å². The molecule has 1 atom stereocenters. The maximum absolute atomic E-state index is 13.1. The first-order valence-electron chi connectivity index (χ1n) is 8.05. The van der Waals surface area contributed by atoms with Gasteiger partial charge in [0.15, 0.2) is 0 Å². The highest BCUT2D eigenvalue weighted by Crippen LogP contribution is 2.37. The standard InChI is InChI=1S/C16H26F2N2O/c1-3-14(4-2)20-10-7-13(19-20)11-15(21)12-5-8-16(17,18)9-6-12/h7,10,12,14-15,21H,3-6,8-9,11H2,1-2H3. The Bertz CT molecular complexity index is 433. The van der Waals surface area contributed by atoms with Gasteiger partial charge < -0.3 is 5.11 Å². The third kappa shape index (κ3) is 4.25. The van der Waals surface area contributed by atoms with Crippen LogP contribution in [0.2, 0.25) is 0 Å². The lowest BCUT2D eigenvalue weighted by molar-refractivity contribution is -0.0620. The number of rotatable bonds is 6. The molecule has 2 rings (SSSR count). The van der Waals surface area contributed by atoms with E-state index in [4.69, 9.17) is 0 Å². The average molecular weight is 300 g/mol. The van der Waals surface area contributed by atoms with E-state index in [1.165, 1.54) is 0 Å². The van der Waals surface area contributed by atoms with Crippen molar-refractivity contribution in [3.8, 4) is 0 Å². The number of hydrogen-bond donors (Lipinski definition) is 1. The van der Waals surface area contributed by atoms with Gasteiger partial charge in [0.05, 0.1) is 17.8 Å². The third-order valence-electron chi connectivity index (χ3n) is 4.70. The van der Waals surface area contributed by atoms with Gasteiger partial charge in [0.1, 0.15) is 0 Å². The second-order valence-corrected chi connectivity index (χ2v) is 6.22. The van der Waals surface area contributed by atoms with E-state index in [0.29, 0.717) is 25.3 Å². The highest BCUT2D eigenvalue weighted by atomic mass is 19.3. The summed E-state index contributed by atoms with van der Waals surface area (Å²) in [5.41, 5.74) is 0.853. The molecule has 120 valence electrons. The molecular formula is C16H26F2N2O. The average Bonchev–Trinajstić information content (AvgIpc) is 2.88. The van der Waals surface area contributed by atoms with Crippen molar-refractivity contribution >= 4 is 0 Å². The molecule has 0 amide bonds. The van der Waals surface area contributed by atoms with Gasteiger partial charge in [-0.2, -0.15) is 5.10 Å². The Balaban J connectivity index is 1.90. The van der Waals surface area contributed by atoms with E-state index in [1.807, 2.05) is 16.9 Å². The lowest BCUT2D eigenvalue weighted by Gasteiger charge is -2.31. The molecule has 1 saturated carbocycles. The molecule has 1 aromatic rings. The predicted molar refractivity (Wildman–Crippen MR) is 78.5 cm³/mol. The summed E-state index contributed by atoms with van der Waals surface area (Å²) in [5, 5.41) is 14.8. The molecule has 21 heavy (non-hydrogen) atoms. The summed E-state index contributed by atoms with van der Waals surface area (Å²) >= 11 is 0. The van der Waals surface area contributed by atoms with Crippen molar-refractivity contribution in [3.05, 3.63) is 18.0 Å². The second-order valence-electron chi connectivity index (χ2n) is 6.22. The topological polar surface area (TPSA) is 38.0 Å². The van der Waals surface area contributed by atoms with E-state index in [0.717, 1.165) is 18.5 Å². The molecule has 1 aromatic heterocycles. The summed E-state index contributed by atoms with van der Waals surface area (Å²) in [6, 6.07) is 2.32. The van der Waals surface area contributed by atoms with Gasteiger partial charge in [-0.25, -0.2) is 8.78 Å². The van der Waals surface area contributed by atoms with Crippen molar-refractivity contribution in [2.24, 2.45) is 5.92 Å². The molecule has 0 spiro atoms. The van der Waals surface area contributed by atoms with Crippen LogP contribution in [0.1, 0.15) is 64.1 Å². The van der Waals surface area contributed by atoms with Crippen molar-refractivity contribution in [3.63, 3.8) is 0 Å². The molecule has 1 unspecified atom stereocenters. The number of alkyl halides is 2. The van der Waals surface area contributed by atoms with Crippen LogP contribution < -0.4 is 0 Å². The molecule has 0 bridgehead atoms. The van der Waals surface area contributed by atoms with Gasteiger partial charge in [-0.15, -0.1) is 0 Å². The summed E-state index contributed by atoms with van der Waals surface area (Å²) in [5.74, 6) is -2.56. The zero-order chi connectivity index (χ0) is 15.5. The number of aromatic nitrogens is 2. The fraction of sp³-hybridized carbons (Fsp3) is 0.812. The summed E-state index contributed by atoms with van der Waals surface area (Å²) in [7, 11) is 0. The third-order valence-corrected chi connectivity index (χ3v) is 4.70. The molecule has 1 fully saturated rings. The van der Waals surface area contributed by atoms with E-state index < -0.39 is 12.0 Å². The Kier molecular flexibility index (Phi) is 5.36. The van der Waals surface area contributed by atoms with Gasteiger partial charge in [-0.1, -0.05) is 13.8 Å². The lowest BCUT2D eigenvalue weighted by atomic mass is 9.82. The molecule has 3 nitrogen and oxygen atoms in total. The number of nitrogens with zero attached hydrogens (tertiary/aromatic N) is 2. The first-order valence-corrected chi connectivity index (χ1v) is 8.05. The van der Waals surface area contributed by atoms with Gasteiger partial charge in [-0.3, -0.25) is 4.68 Å². The molecule has 0 aromatic carbocycles. The van der Waals surface area contributed by atoms with Crippen LogP contribution in [0.25, 0.3) is 0 Å². The van der Waals surface area contributed by atoms with E-state index >= 15 is 0 Å². The molecule has 0 radical (unpaired) electrons. The highest BCUT2D eigenvalue weighted by Gasteiger charge is 2.37. The number of aliphatic hydroxyl groups is 1. The van der Waals surface area contributed by atoms with E-state index in [1.54, 1.807) is 0 Å². The molecule has 5 heteroatoms. The van der Waals surface area contributed by atoms with Crippen LogP contribution in [0.4, 0.5) is 8.78 Å². The van der Waals surface area contributed by atoms with Crippen LogP contribution in [0.15, 0.2) is 12.3 Å². The number of halogens is 2. The van der Waals surface area contributed by atoms with Crippen LogP contribution in [0.3, 0.4) is 0 Å². The first kappa shape index (κ1) is 16.4. The molecule has 1 N–H and O–H groups in total. The van der Waals surface area contributed by atoms with Crippen LogP contribution in [0, 0.1) is 5.92 Å². The van der Waals surface area contributed by atoms with E-state index in [9.17, 15) is 13.9 Å². The van der Waals surface area contributed by atoms with Crippen molar-refractivity contribution in [2.75, 3.05) is 0 Å². The monoisotopic (exact) mass is 300 g/mol. The summed E-state index contributed by atoms with van der Waals surface area (Å²) in [6.45, 7) is 4.26. The fourth-order valence-electron chi connectivity index (χ4n) is 3.18. The predicted octanol–water partition coefficient (Wildman–Crippen LogP) is 3.97. The fourth-order valence-corrected chi connectivity index (χ4v) is 3.18. The van der Waals surface area contributed by atoms with Gasteiger partial charge in [0.2, 0.25) is 5.92 Å². The quantitative estimate of drug-likeness (QED) is 0.863. The maximum Gasteiger partial charge on any atom is 0.248 e. The van der Waals surface area contributed by atoms with Crippen molar-refractivity contribution in [1.29, 1.82) is 0 Å². The molecular weight excluding hydrogens is 274 g/mol. The smallest absolute Gasteiger partial charge is 0.248 e. The number of aliphatic hydroxyl groups excluding tert-OH is 1. The van der Waals surface area contributed by atoms with Crippen LogP contribution in [0.5, 0.6) is 0 Å². The largest absolute Gasteiger partial charge is 0.392 e. The van der Waals surface area contributed by atoms with Crippen molar-refractivity contribution in [2.45, 2.75) is 76.9 Å². The Morgan fingerprint density at radius 2 is 1.95 bits per heavy atom. The maximum atomic E-state index is 13.1. The van der Waals surface area contributed by atoms with Crippen molar-refractivity contribution < 1.29 is 13.9 Å². The van der Waals surface area contributed by atoms with Gasteiger partial charge in [0.25, 0.3) is 0 Å². The normalized spacial score (nSPS) is 20.9. The minimum absolute atomic E-state index is 0.0251. The zero-order valence-corrected chi connectivity index (χ0v) is 12.9. The Hall–Kier alpha value is -0.970. The lowest BCUT2D eigenvalue weighted by Crippen LogP contribution is -2.32. The number of hydrogen-bond acceptors (Lipinski definition) is 2. The van der Waals surface area contributed by atoms with Gasteiger partial charge in [-0.05, 0) is 37.7 Å². The van der Waals surface area contributed by atoms with Crippen LogP contribution >= 0.6 is 0 Å². The SMILES string of the molecule is CCC(CC)n1ccc(CC(O)C2CCC(F)(F)CC2)n1. The molecule has 1 aliphatic carbocycles. The summed E-state index contributed by atoms with van der Waals surface area (Å²) in [6.07, 6.45) is 4.51. The molecule has 1 aliphatic rings. The highest BCUT2D eigenvalue weighted by molar-refractivity contribution is 5.02. The summed E-state index contributed by atoms with van der Waals surface area (Å²) < 4.78 is 28.2. The van der Waals surface area contributed by atoms with Gasteiger partial charge in [0, 0.05) is 25.5 Å². The van der Waals surface area contributed by atoms with Crippen LogP contribution in [-0.2, 0) is 6.42 Å². The molecule has 0 saturated heterocycles. The van der Waals surface area contributed by atoms with Gasteiger partial charge >= 0.3 is 0 Å². The minimum atomic E-state index is -2.53. The van der Waals surface area contributed by atoms with E-state index in [-0.39, 0.29) is 18.8 Å². The minimum Gasteiger partial charge on any atom is -0.392 e. The van der Waals surface area contributed by atoms with Crippen LogP contribution in [-0.4, -0.2) is 26.9 Å². The Morgan fingerprint density at radius 3 is 2.52 bits per heavy atom. The Morgan fingerprint density at radius 1 is 1.33 bits per heavy atom. The zero-order valence-electron chi connectivity index (χ0n) is 12.9. The first-order chi connectivity index (χ1) is 9.95. The van der Waals surface area contributed by atoms with Crippen molar-refractivity contribution in [1.82, 2.24) is 9.78 Å². The molecule has 0 aliphatic heterocycles.